The molecule has 3 aromatic carbocycles. The van der Waals surface area contributed by atoms with Gasteiger partial charge in [-0.1, -0.05) is 61.8 Å². The van der Waals surface area contributed by atoms with Crippen molar-refractivity contribution in [2.75, 3.05) is 0 Å². The number of amides is 2. The third-order valence-corrected chi connectivity index (χ3v) is 5.36. The summed E-state index contributed by atoms with van der Waals surface area (Å²) >= 11 is 5.93. The lowest BCUT2D eigenvalue weighted by molar-refractivity contribution is -0.385. The number of carbonyl (C=O) groups excluding carboxylic acids is 2. The van der Waals surface area contributed by atoms with Crippen molar-refractivity contribution in [1.82, 2.24) is 10.7 Å². The summed E-state index contributed by atoms with van der Waals surface area (Å²) in [7, 11) is 0. The fraction of sp³-hybridized carbons (Fsp3) is 0.192. The number of carbonyl (C=O) groups is 2. The van der Waals surface area contributed by atoms with Crippen molar-refractivity contribution in [3.8, 4) is 5.75 Å². The normalized spacial score (nSPS) is 11.8. The zero-order chi connectivity index (χ0) is 26.1. The van der Waals surface area contributed by atoms with E-state index < -0.39 is 22.8 Å². The molecule has 0 heterocycles. The molecule has 0 saturated heterocycles. The molecule has 0 spiro atoms. The van der Waals surface area contributed by atoms with Gasteiger partial charge in [-0.15, -0.1) is 0 Å². The summed E-state index contributed by atoms with van der Waals surface area (Å²) < 4.78 is 5.62. The molecule has 0 aliphatic heterocycles. The zero-order valence-corrected chi connectivity index (χ0v) is 20.4. The van der Waals surface area contributed by atoms with Crippen LogP contribution < -0.4 is 15.5 Å². The highest BCUT2D eigenvalue weighted by Crippen LogP contribution is 2.28. The number of ether oxygens (including phenoxy) is 1. The summed E-state index contributed by atoms with van der Waals surface area (Å²) in [6.07, 6.45) is 1.28. The van der Waals surface area contributed by atoms with Gasteiger partial charge in [0.05, 0.1) is 11.1 Å². The van der Waals surface area contributed by atoms with Gasteiger partial charge in [0.25, 0.3) is 11.8 Å². The molecule has 10 heteroatoms. The van der Waals surface area contributed by atoms with Gasteiger partial charge in [-0.2, -0.15) is 5.10 Å². The quantitative estimate of drug-likeness (QED) is 0.233. The van der Waals surface area contributed by atoms with E-state index in [9.17, 15) is 19.7 Å². The molecule has 0 fully saturated rings. The maximum atomic E-state index is 12.7. The highest BCUT2D eigenvalue weighted by molar-refractivity contribution is 6.31. The fourth-order valence-corrected chi connectivity index (χ4v) is 3.43. The van der Waals surface area contributed by atoms with Gasteiger partial charge in [-0.3, -0.25) is 19.7 Å². The van der Waals surface area contributed by atoms with E-state index in [0.29, 0.717) is 16.1 Å². The van der Waals surface area contributed by atoms with Gasteiger partial charge >= 0.3 is 5.69 Å². The van der Waals surface area contributed by atoms with E-state index in [-0.39, 0.29) is 24.0 Å². The number of hydrazone groups is 1. The molecule has 0 aliphatic rings. The Morgan fingerprint density at radius 3 is 2.50 bits per heavy atom. The number of benzene rings is 3. The Bertz CT molecular complexity index is 1260. The molecule has 2 amide bonds. The van der Waals surface area contributed by atoms with E-state index in [0.717, 1.165) is 5.56 Å². The standard InChI is InChI=1S/C26H25ClN4O5/c1-17(2)24(29-25(32)20-9-6-10-21(27)14-20)26(33)30-28-15-19-11-12-23(22(13-19)31(34)35)36-16-18-7-4-3-5-8-18/h3-15,17,24H,16H2,1-2H3,(H,29,32)(H,30,33)/b28-15-. The molecule has 3 rings (SSSR count). The Morgan fingerprint density at radius 1 is 1.08 bits per heavy atom. The molecule has 0 radical (unpaired) electrons. The molecule has 3 aromatic rings. The average Bonchev–Trinajstić information content (AvgIpc) is 2.86. The van der Waals surface area contributed by atoms with Crippen LogP contribution in [0.3, 0.4) is 0 Å². The van der Waals surface area contributed by atoms with Crippen molar-refractivity contribution in [1.29, 1.82) is 0 Å². The number of nitrogens with one attached hydrogen (secondary N) is 2. The minimum atomic E-state index is -0.864. The van der Waals surface area contributed by atoms with Crippen molar-refractivity contribution in [2.24, 2.45) is 11.0 Å². The van der Waals surface area contributed by atoms with Gasteiger partial charge < -0.3 is 10.1 Å². The van der Waals surface area contributed by atoms with Gasteiger partial charge in [0.1, 0.15) is 12.6 Å². The van der Waals surface area contributed by atoms with Crippen molar-refractivity contribution < 1.29 is 19.2 Å². The second-order valence-electron chi connectivity index (χ2n) is 8.20. The summed E-state index contributed by atoms with van der Waals surface area (Å²) in [5.41, 5.74) is 3.74. The zero-order valence-electron chi connectivity index (χ0n) is 19.7. The van der Waals surface area contributed by atoms with E-state index in [1.807, 2.05) is 30.3 Å². The molecular formula is C26H25ClN4O5. The number of hydrogen-bond donors (Lipinski definition) is 2. The molecule has 9 nitrogen and oxygen atoms in total. The van der Waals surface area contributed by atoms with Crippen molar-refractivity contribution >= 4 is 35.3 Å². The van der Waals surface area contributed by atoms with Gasteiger partial charge in [-0.25, -0.2) is 5.43 Å². The van der Waals surface area contributed by atoms with Gasteiger partial charge in [0, 0.05) is 22.2 Å². The first-order chi connectivity index (χ1) is 17.2. The van der Waals surface area contributed by atoms with Crippen molar-refractivity contribution in [3.05, 3.63) is 105 Å². The first-order valence-electron chi connectivity index (χ1n) is 11.1. The summed E-state index contributed by atoms with van der Waals surface area (Å²) in [6, 6.07) is 19.2. The van der Waals surface area contributed by atoms with Crippen LogP contribution in [0.25, 0.3) is 0 Å². The smallest absolute Gasteiger partial charge is 0.311 e. The highest BCUT2D eigenvalue weighted by atomic mass is 35.5. The molecule has 1 atom stereocenters. The van der Waals surface area contributed by atoms with Crippen LogP contribution in [-0.2, 0) is 11.4 Å². The van der Waals surface area contributed by atoms with E-state index in [1.165, 1.54) is 24.4 Å². The molecule has 186 valence electrons. The Balaban J connectivity index is 1.65. The average molecular weight is 509 g/mol. The predicted molar refractivity (Wildman–Crippen MR) is 137 cm³/mol. The van der Waals surface area contributed by atoms with Crippen LogP contribution in [0.5, 0.6) is 5.75 Å². The van der Waals surface area contributed by atoms with Crippen LogP contribution >= 0.6 is 11.6 Å². The Hall–Kier alpha value is -4.24. The van der Waals surface area contributed by atoms with Crippen molar-refractivity contribution in [3.63, 3.8) is 0 Å². The second kappa shape index (κ2) is 12.5. The summed E-state index contributed by atoms with van der Waals surface area (Å²) in [4.78, 5) is 36.2. The lowest BCUT2D eigenvalue weighted by atomic mass is 10.0. The van der Waals surface area contributed by atoms with E-state index in [1.54, 1.807) is 38.1 Å². The van der Waals surface area contributed by atoms with Crippen LogP contribution in [0, 0.1) is 16.0 Å². The largest absolute Gasteiger partial charge is 0.482 e. The second-order valence-corrected chi connectivity index (χ2v) is 8.63. The Morgan fingerprint density at radius 2 is 1.83 bits per heavy atom. The molecule has 1 unspecified atom stereocenters. The minimum Gasteiger partial charge on any atom is -0.482 e. The topological polar surface area (TPSA) is 123 Å². The van der Waals surface area contributed by atoms with Gasteiger partial charge in [0.15, 0.2) is 5.75 Å². The minimum absolute atomic E-state index is 0.119. The first kappa shape index (κ1) is 26.4. The van der Waals surface area contributed by atoms with Crippen molar-refractivity contribution in [2.45, 2.75) is 26.5 Å². The first-order valence-corrected chi connectivity index (χ1v) is 11.5. The molecule has 36 heavy (non-hydrogen) atoms. The van der Waals surface area contributed by atoms with Gasteiger partial charge in [-0.05, 0) is 41.8 Å². The van der Waals surface area contributed by atoms with Crippen LogP contribution in [0.4, 0.5) is 5.69 Å². The molecular weight excluding hydrogens is 484 g/mol. The maximum absolute atomic E-state index is 12.7. The van der Waals surface area contributed by atoms with Crippen LogP contribution in [-0.4, -0.2) is 29.0 Å². The summed E-state index contributed by atoms with van der Waals surface area (Å²) in [5, 5.41) is 18.5. The van der Waals surface area contributed by atoms with E-state index in [2.05, 4.69) is 15.8 Å². The number of hydrogen-bond acceptors (Lipinski definition) is 6. The Labute approximate surface area is 213 Å². The number of nitro groups is 1. The summed E-state index contributed by atoms with van der Waals surface area (Å²) in [5.74, 6) is -1.09. The maximum Gasteiger partial charge on any atom is 0.311 e. The molecule has 0 saturated carbocycles. The number of nitro benzene ring substituents is 1. The highest BCUT2D eigenvalue weighted by Gasteiger charge is 2.24. The Kier molecular flexibility index (Phi) is 9.13. The number of rotatable bonds is 10. The molecule has 0 aliphatic carbocycles. The van der Waals surface area contributed by atoms with E-state index in [4.69, 9.17) is 16.3 Å². The summed E-state index contributed by atoms with van der Waals surface area (Å²) in [6.45, 7) is 3.75. The number of nitrogens with zero attached hydrogens (tertiary/aromatic N) is 2. The van der Waals surface area contributed by atoms with Crippen LogP contribution in [0.2, 0.25) is 5.02 Å². The third kappa shape index (κ3) is 7.38. The van der Waals surface area contributed by atoms with Gasteiger partial charge in [0.2, 0.25) is 0 Å². The lowest BCUT2D eigenvalue weighted by Gasteiger charge is -2.20. The predicted octanol–water partition coefficient (Wildman–Crippen LogP) is 4.73. The van der Waals surface area contributed by atoms with Crippen LogP contribution in [0.1, 0.15) is 35.3 Å². The fourth-order valence-electron chi connectivity index (χ4n) is 3.24. The third-order valence-electron chi connectivity index (χ3n) is 5.13. The molecule has 2 N–H and O–H groups in total. The molecule has 0 bridgehead atoms. The number of halogens is 1. The molecule has 0 aromatic heterocycles. The monoisotopic (exact) mass is 508 g/mol. The van der Waals surface area contributed by atoms with Crippen LogP contribution in [0.15, 0.2) is 77.9 Å². The lowest BCUT2D eigenvalue weighted by Crippen LogP contribution is -2.48. The van der Waals surface area contributed by atoms with E-state index >= 15 is 0 Å². The SMILES string of the molecule is CC(C)C(NC(=O)c1cccc(Cl)c1)C(=O)N/N=C\c1ccc(OCc2ccccc2)c([N+](=O)[O-])c1.